The van der Waals surface area contributed by atoms with Gasteiger partial charge in [-0.25, -0.2) is 0 Å². The van der Waals surface area contributed by atoms with Gasteiger partial charge in [-0.05, 0) is 26.0 Å². The maximum absolute atomic E-state index is 12.1. The van der Waals surface area contributed by atoms with Gasteiger partial charge in [-0.3, -0.25) is 14.6 Å². The molecular formula is C12H16ClN3O2. The monoisotopic (exact) mass is 269 g/mol. The fourth-order valence-corrected chi connectivity index (χ4v) is 1.60. The molecule has 0 spiro atoms. The van der Waals surface area contributed by atoms with Crippen LogP contribution in [-0.2, 0) is 4.79 Å². The third-order valence-electron chi connectivity index (χ3n) is 2.32. The van der Waals surface area contributed by atoms with Crippen molar-refractivity contribution in [3.8, 4) is 0 Å². The summed E-state index contributed by atoms with van der Waals surface area (Å²) in [6.07, 6.45) is 1.47. The summed E-state index contributed by atoms with van der Waals surface area (Å²) in [6, 6.07) is 3.09. The molecule has 1 rings (SSSR count). The fraction of sp³-hybridized carbons (Fsp3) is 0.417. The van der Waals surface area contributed by atoms with E-state index in [1.165, 1.54) is 17.2 Å². The van der Waals surface area contributed by atoms with Gasteiger partial charge in [0.15, 0.2) is 0 Å². The number of halogens is 1. The predicted octanol–water partition coefficient (Wildman–Crippen LogP) is 1.33. The van der Waals surface area contributed by atoms with Gasteiger partial charge in [0.05, 0.1) is 6.54 Å². The lowest BCUT2D eigenvalue weighted by atomic mass is 10.3. The highest BCUT2D eigenvalue weighted by Crippen LogP contribution is 2.10. The van der Waals surface area contributed by atoms with E-state index in [1.54, 1.807) is 6.07 Å². The zero-order valence-corrected chi connectivity index (χ0v) is 11.2. The highest BCUT2D eigenvalue weighted by atomic mass is 35.5. The molecule has 0 fully saturated rings. The standard InChI is InChI=1S/C12H16ClN3O2/c1-3-14-11(17)8-16(4-2)12(18)10-7-9(13)5-6-15-10/h5-7H,3-4,8H2,1-2H3,(H,14,17). The highest BCUT2D eigenvalue weighted by Gasteiger charge is 2.18. The van der Waals surface area contributed by atoms with Crippen molar-refractivity contribution in [2.24, 2.45) is 0 Å². The molecule has 0 atom stereocenters. The van der Waals surface area contributed by atoms with E-state index in [0.717, 1.165) is 0 Å². The first-order valence-electron chi connectivity index (χ1n) is 5.76. The van der Waals surface area contributed by atoms with Crippen molar-refractivity contribution in [1.29, 1.82) is 0 Å². The van der Waals surface area contributed by atoms with Crippen molar-refractivity contribution in [1.82, 2.24) is 15.2 Å². The summed E-state index contributed by atoms with van der Waals surface area (Å²) in [6.45, 7) is 4.64. The number of amides is 2. The average molecular weight is 270 g/mol. The Bertz CT molecular complexity index is 437. The SMILES string of the molecule is CCNC(=O)CN(CC)C(=O)c1cc(Cl)ccn1. The summed E-state index contributed by atoms with van der Waals surface area (Å²) in [4.78, 5) is 28.9. The average Bonchev–Trinajstić information content (AvgIpc) is 2.35. The Balaban J connectivity index is 2.76. The Hall–Kier alpha value is -1.62. The maximum atomic E-state index is 12.1. The van der Waals surface area contributed by atoms with Gasteiger partial charge in [0, 0.05) is 24.3 Å². The molecule has 6 heteroatoms. The second-order valence-electron chi connectivity index (χ2n) is 3.63. The zero-order chi connectivity index (χ0) is 13.5. The molecule has 0 aromatic carbocycles. The molecule has 0 radical (unpaired) electrons. The number of hydrogen-bond donors (Lipinski definition) is 1. The second-order valence-corrected chi connectivity index (χ2v) is 4.07. The van der Waals surface area contributed by atoms with E-state index in [-0.39, 0.29) is 24.1 Å². The highest BCUT2D eigenvalue weighted by molar-refractivity contribution is 6.30. The molecule has 5 nitrogen and oxygen atoms in total. The van der Waals surface area contributed by atoms with Gasteiger partial charge < -0.3 is 10.2 Å². The molecule has 0 saturated carbocycles. The van der Waals surface area contributed by atoms with Crippen molar-refractivity contribution in [3.63, 3.8) is 0 Å². The number of likely N-dealkylation sites (N-methyl/N-ethyl adjacent to an activating group) is 2. The molecule has 0 aliphatic heterocycles. The lowest BCUT2D eigenvalue weighted by Crippen LogP contribution is -2.40. The Kier molecular flexibility index (Phi) is 5.58. The van der Waals surface area contributed by atoms with Crippen LogP contribution in [0.15, 0.2) is 18.3 Å². The van der Waals surface area contributed by atoms with Crippen LogP contribution < -0.4 is 5.32 Å². The lowest BCUT2D eigenvalue weighted by Gasteiger charge is -2.19. The molecule has 1 N–H and O–H groups in total. The minimum absolute atomic E-state index is 0.0252. The first kappa shape index (κ1) is 14.4. The second kappa shape index (κ2) is 6.96. The number of hydrogen-bond acceptors (Lipinski definition) is 3. The van der Waals surface area contributed by atoms with Gasteiger partial charge >= 0.3 is 0 Å². The number of carbonyl (C=O) groups excluding carboxylic acids is 2. The van der Waals surface area contributed by atoms with Gasteiger partial charge in [-0.2, -0.15) is 0 Å². The predicted molar refractivity (Wildman–Crippen MR) is 69.5 cm³/mol. The topological polar surface area (TPSA) is 62.3 Å². The molecule has 0 aliphatic carbocycles. The van der Waals surface area contributed by atoms with Crippen LogP contribution in [0.3, 0.4) is 0 Å². The molecule has 0 bridgehead atoms. The first-order valence-corrected chi connectivity index (χ1v) is 6.13. The van der Waals surface area contributed by atoms with Crippen LogP contribution >= 0.6 is 11.6 Å². The molecule has 1 aromatic heterocycles. The van der Waals surface area contributed by atoms with Crippen LogP contribution in [0.4, 0.5) is 0 Å². The van der Waals surface area contributed by atoms with E-state index in [0.29, 0.717) is 18.1 Å². The minimum atomic E-state index is -0.300. The summed E-state index contributed by atoms with van der Waals surface area (Å²) in [5, 5.41) is 3.10. The van der Waals surface area contributed by atoms with Crippen LogP contribution in [-0.4, -0.2) is 41.3 Å². The van der Waals surface area contributed by atoms with E-state index in [1.807, 2.05) is 13.8 Å². The molecule has 0 saturated heterocycles. The molecule has 1 heterocycles. The van der Waals surface area contributed by atoms with E-state index < -0.39 is 0 Å². The largest absolute Gasteiger partial charge is 0.355 e. The quantitative estimate of drug-likeness (QED) is 0.877. The van der Waals surface area contributed by atoms with Gasteiger partial charge in [-0.15, -0.1) is 0 Å². The molecule has 98 valence electrons. The molecule has 1 aromatic rings. The minimum Gasteiger partial charge on any atom is -0.355 e. The Morgan fingerprint density at radius 1 is 1.44 bits per heavy atom. The third-order valence-corrected chi connectivity index (χ3v) is 2.55. The Labute approximate surface area is 111 Å². The van der Waals surface area contributed by atoms with Gasteiger partial charge in [0.25, 0.3) is 5.91 Å². The van der Waals surface area contributed by atoms with Crippen LogP contribution in [0.1, 0.15) is 24.3 Å². The molecule has 18 heavy (non-hydrogen) atoms. The number of pyridine rings is 1. The van der Waals surface area contributed by atoms with Crippen molar-refractivity contribution < 1.29 is 9.59 Å². The van der Waals surface area contributed by atoms with Gasteiger partial charge in [0.1, 0.15) is 5.69 Å². The van der Waals surface area contributed by atoms with Crippen molar-refractivity contribution >= 4 is 23.4 Å². The van der Waals surface area contributed by atoms with E-state index in [9.17, 15) is 9.59 Å². The zero-order valence-electron chi connectivity index (χ0n) is 10.4. The molecule has 0 aliphatic rings. The Morgan fingerprint density at radius 3 is 2.72 bits per heavy atom. The summed E-state index contributed by atoms with van der Waals surface area (Å²) in [5.74, 6) is -0.485. The molecule has 0 unspecified atom stereocenters. The molecular weight excluding hydrogens is 254 g/mol. The molecule has 2 amide bonds. The van der Waals surface area contributed by atoms with Crippen LogP contribution in [0.25, 0.3) is 0 Å². The fourth-order valence-electron chi connectivity index (χ4n) is 1.44. The number of rotatable bonds is 5. The first-order chi connectivity index (χ1) is 8.58. The van der Waals surface area contributed by atoms with Crippen molar-refractivity contribution in [3.05, 3.63) is 29.0 Å². The van der Waals surface area contributed by atoms with E-state index >= 15 is 0 Å². The number of carbonyl (C=O) groups is 2. The summed E-state index contributed by atoms with van der Waals surface area (Å²) in [5.41, 5.74) is 0.244. The number of aromatic nitrogens is 1. The summed E-state index contributed by atoms with van der Waals surface area (Å²) >= 11 is 5.80. The lowest BCUT2D eigenvalue weighted by molar-refractivity contribution is -0.121. The summed E-state index contributed by atoms with van der Waals surface area (Å²) in [7, 11) is 0. The number of nitrogens with zero attached hydrogens (tertiary/aromatic N) is 2. The third kappa shape index (κ3) is 4.00. The smallest absolute Gasteiger partial charge is 0.272 e. The summed E-state index contributed by atoms with van der Waals surface area (Å²) < 4.78 is 0. The van der Waals surface area contributed by atoms with E-state index in [4.69, 9.17) is 11.6 Å². The number of nitrogens with one attached hydrogen (secondary N) is 1. The van der Waals surface area contributed by atoms with Crippen molar-refractivity contribution in [2.75, 3.05) is 19.6 Å². The van der Waals surface area contributed by atoms with Crippen LogP contribution in [0.5, 0.6) is 0 Å². The maximum Gasteiger partial charge on any atom is 0.272 e. The Morgan fingerprint density at radius 2 is 2.17 bits per heavy atom. The van der Waals surface area contributed by atoms with Crippen LogP contribution in [0.2, 0.25) is 5.02 Å². The van der Waals surface area contributed by atoms with Gasteiger partial charge in [-0.1, -0.05) is 11.6 Å². The van der Waals surface area contributed by atoms with Crippen LogP contribution in [0, 0.1) is 0 Å². The van der Waals surface area contributed by atoms with E-state index in [2.05, 4.69) is 10.3 Å². The van der Waals surface area contributed by atoms with Gasteiger partial charge in [0.2, 0.25) is 5.91 Å². The normalized spacial score (nSPS) is 9.94. The van der Waals surface area contributed by atoms with Crippen molar-refractivity contribution in [2.45, 2.75) is 13.8 Å².